The molecule has 2 N–H and O–H groups in total. The minimum Gasteiger partial charge on any atom is -0.326 e. The molecule has 0 aromatic carbocycles. The molecule has 4 heteroatoms. The first-order valence-corrected chi connectivity index (χ1v) is 8.08. The lowest BCUT2D eigenvalue weighted by Gasteiger charge is -2.45. The van der Waals surface area contributed by atoms with Crippen LogP contribution in [0.15, 0.2) is 24.5 Å². The summed E-state index contributed by atoms with van der Waals surface area (Å²) in [5.41, 5.74) is 7.97. The van der Waals surface area contributed by atoms with Crippen LogP contribution in [0.3, 0.4) is 0 Å². The number of nitrogens with two attached hydrogens (primary N) is 1. The molecule has 4 nitrogen and oxygen atoms in total. The van der Waals surface area contributed by atoms with Gasteiger partial charge >= 0.3 is 0 Å². The predicted molar refractivity (Wildman–Crippen MR) is 88.1 cm³/mol. The highest BCUT2D eigenvalue weighted by Gasteiger charge is 2.31. The molecule has 1 saturated heterocycles. The van der Waals surface area contributed by atoms with Crippen molar-refractivity contribution in [1.82, 2.24) is 14.8 Å². The molecular weight excluding hydrogens is 260 g/mol. The maximum atomic E-state index is 6.42. The second-order valence-corrected chi connectivity index (χ2v) is 6.99. The number of rotatable bonds is 4. The summed E-state index contributed by atoms with van der Waals surface area (Å²) >= 11 is 0. The highest BCUT2D eigenvalue weighted by molar-refractivity contribution is 5.17. The van der Waals surface area contributed by atoms with Crippen LogP contribution >= 0.6 is 0 Å². The van der Waals surface area contributed by atoms with E-state index in [-0.39, 0.29) is 11.6 Å². The van der Waals surface area contributed by atoms with Crippen molar-refractivity contribution in [3.05, 3.63) is 30.1 Å². The highest BCUT2D eigenvalue weighted by atomic mass is 15.3. The zero-order valence-corrected chi connectivity index (χ0v) is 13.9. The summed E-state index contributed by atoms with van der Waals surface area (Å²) in [5.74, 6) is 0. The van der Waals surface area contributed by atoms with Gasteiger partial charge in [0.2, 0.25) is 0 Å². The van der Waals surface area contributed by atoms with Crippen LogP contribution in [0.1, 0.15) is 45.7 Å². The van der Waals surface area contributed by atoms with Crippen molar-refractivity contribution in [3.8, 4) is 0 Å². The van der Waals surface area contributed by atoms with Gasteiger partial charge in [0, 0.05) is 50.2 Å². The molecule has 0 saturated carbocycles. The van der Waals surface area contributed by atoms with Crippen molar-refractivity contribution in [2.45, 2.75) is 51.7 Å². The molecule has 1 fully saturated rings. The molecular formula is C17H30N4. The summed E-state index contributed by atoms with van der Waals surface area (Å²) in [4.78, 5) is 9.24. The minimum atomic E-state index is 0.175. The Kier molecular flexibility index (Phi) is 5.36. The van der Waals surface area contributed by atoms with Crippen LogP contribution in [0.5, 0.6) is 0 Å². The van der Waals surface area contributed by atoms with Crippen LogP contribution in [0.2, 0.25) is 0 Å². The van der Waals surface area contributed by atoms with E-state index >= 15 is 0 Å². The summed E-state index contributed by atoms with van der Waals surface area (Å²) in [5, 5.41) is 0. The van der Waals surface area contributed by atoms with Crippen molar-refractivity contribution in [1.29, 1.82) is 0 Å². The molecule has 118 valence electrons. The van der Waals surface area contributed by atoms with Gasteiger partial charge in [-0.3, -0.25) is 14.8 Å². The largest absolute Gasteiger partial charge is 0.326 e. The van der Waals surface area contributed by atoms with E-state index in [4.69, 9.17) is 5.73 Å². The van der Waals surface area contributed by atoms with Crippen LogP contribution in [0, 0.1) is 0 Å². The van der Waals surface area contributed by atoms with Gasteiger partial charge in [-0.2, -0.15) is 0 Å². The van der Waals surface area contributed by atoms with Crippen molar-refractivity contribution >= 4 is 0 Å². The zero-order chi connectivity index (χ0) is 15.5. The van der Waals surface area contributed by atoms with Crippen molar-refractivity contribution in [2.24, 2.45) is 5.73 Å². The molecule has 0 radical (unpaired) electrons. The minimum absolute atomic E-state index is 0.175. The molecule has 2 heterocycles. The fraction of sp³-hybridized carbons (Fsp3) is 0.706. The Morgan fingerprint density at radius 3 is 2.19 bits per heavy atom. The molecule has 2 unspecified atom stereocenters. The smallest absolute Gasteiger partial charge is 0.0501 e. The first kappa shape index (κ1) is 16.4. The summed E-state index contributed by atoms with van der Waals surface area (Å²) in [6, 6.07) is 4.70. The average molecular weight is 290 g/mol. The normalized spacial score (nSPS) is 21.2. The van der Waals surface area contributed by atoms with E-state index in [9.17, 15) is 0 Å². The maximum absolute atomic E-state index is 6.42. The third kappa shape index (κ3) is 4.02. The average Bonchev–Trinajstić information content (AvgIpc) is 2.48. The van der Waals surface area contributed by atoms with E-state index in [1.807, 2.05) is 12.4 Å². The molecule has 2 rings (SSSR count). The fourth-order valence-corrected chi connectivity index (χ4v) is 3.18. The fourth-order valence-electron chi connectivity index (χ4n) is 3.18. The Balaban J connectivity index is 2.10. The highest BCUT2D eigenvalue weighted by Crippen LogP contribution is 2.27. The van der Waals surface area contributed by atoms with Crippen LogP contribution in [0.4, 0.5) is 0 Å². The number of nitrogens with zero attached hydrogens (tertiary/aromatic N) is 3. The lowest BCUT2D eigenvalue weighted by Crippen LogP contribution is -2.55. The first-order chi connectivity index (χ1) is 9.93. The Morgan fingerprint density at radius 1 is 1.14 bits per heavy atom. The molecule has 1 aliphatic heterocycles. The summed E-state index contributed by atoms with van der Waals surface area (Å²) < 4.78 is 0. The van der Waals surface area contributed by atoms with Gasteiger partial charge in [-0.1, -0.05) is 6.92 Å². The van der Waals surface area contributed by atoms with E-state index in [0.717, 1.165) is 32.6 Å². The molecule has 0 spiro atoms. The topological polar surface area (TPSA) is 45.4 Å². The molecule has 1 aromatic rings. The van der Waals surface area contributed by atoms with Crippen molar-refractivity contribution < 1.29 is 0 Å². The van der Waals surface area contributed by atoms with Gasteiger partial charge in [0.15, 0.2) is 0 Å². The van der Waals surface area contributed by atoms with Crippen LogP contribution < -0.4 is 5.73 Å². The Bertz CT molecular complexity index is 418. The van der Waals surface area contributed by atoms with Gasteiger partial charge in [0.05, 0.1) is 6.04 Å². The Labute approximate surface area is 129 Å². The van der Waals surface area contributed by atoms with E-state index in [1.54, 1.807) is 0 Å². The molecule has 21 heavy (non-hydrogen) atoms. The number of hydrogen-bond acceptors (Lipinski definition) is 4. The summed E-state index contributed by atoms with van der Waals surface area (Å²) in [6.45, 7) is 13.4. The van der Waals surface area contributed by atoms with Gasteiger partial charge in [-0.05, 0) is 44.9 Å². The first-order valence-electron chi connectivity index (χ1n) is 8.08. The number of hydrogen-bond donors (Lipinski definition) is 1. The molecule has 0 amide bonds. The Hall–Kier alpha value is -0.970. The maximum Gasteiger partial charge on any atom is 0.0501 e. The van der Waals surface area contributed by atoms with Crippen LogP contribution in [-0.2, 0) is 0 Å². The van der Waals surface area contributed by atoms with Gasteiger partial charge in [0.25, 0.3) is 0 Å². The van der Waals surface area contributed by atoms with E-state index in [2.05, 4.69) is 54.6 Å². The third-order valence-electron chi connectivity index (χ3n) is 4.58. The number of aromatic nitrogens is 1. The molecule has 0 bridgehead atoms. The zero-order valence-electron chi connectivity index (χ0n) is 13.9. The van der Waals surface area contributed by atoms with Gasteiger partial charge in [-0.25, -0.2) is 0 Å². The number of pyridine rings is 1. The van der Waals surface area contributed by atoms with E-state index < -0.39 is 0 Å². The molecule has 2 atom stereocenters. The molecule has 0 aliphatic carbocycles. The molecule has 1 aromatic heterocycles. The Morgan fingerprint density at radius 2 is 1.71 bits per heavy atom. The molecule has 1 aliphatic rings. The van der Waals surface area contributed by atoms with E-state index in [1.165, 1.54) is 5.56 Å². The quantitative estimate of drug-likeness (QED) is 0.924. The summed E-state index contributed by atoms with van der Waals surface area (Å²) in [6.07, 6.45) is 4.73. The monoisotopic (exact) mass is 290 g/mol. The van der Waals surface area contributed by atoms with Gasteiger partial charge in [-0.15, -0.1) is 0 Å². The standard InChI is InChI=1S/C17H30N4/c1-5-15(18)16(14-6-8-19-9-7-14)20-10-12-21(13-11-20)17(2,3)4/h6-9,15-16H,5,10-13,18H2,1-4H3. The summed E-state index contributed by atoms with van der Waals surface area (Å²) in [7, 11) is 0. The lowest BCUT2D eigenvalue weighted by molar-refractivity contribution is 0.0352. The van der Waals surface area contributed by atoms with Crippen LogP contribution in [-0.4, -0.2) is 52.5 Å². The second-order valence-electron chi connectivity index (χ2n) is 6.99. The van der Waals surface area contributed by atoms with Crippen molar-refractivity contribution in [3.63, 3.8) is 0 Å². The van der Waals surface area contributed by atoms with Gasteiger partial charge < -0.3 is 5.73 Å². The predicted octanol–water partition coefficient (Wildman–Crippen LogP) is 2.28. The SMILES string of the molecule is CCC(N)C(c1ccncc1)N1CCN(C(C)(C)C)CC1. The van der Waals surface area contributed by atoms with Gasteiger partial charge in [0.1, 0.15) is 0 Å². The number of piperazine rings is 1. The van der Waals surface area contributed by atoms with Crippen molar-refractivity contribution in [2.75, 3.05) is 26.2 Å². The van der Waals surface area contributed by atoms with Crippen LogP contribution in [0.25, 0.3) is 0 Å². The lowest BCUT2D eigenvalue weighted by atomic mass is 9.96. The second kappa shape index (κ2) is 6.86. The van der Waals surface area contributed by atoms with E-state index in [0.29, 0.717) is 6.04 Å². The third-order valence-corrected chi connectivity index (χ3v) is 4.58.